The second-order valence-corrected chi connectivity index (χ2v) is 5.35. The minimum Gasteiger partial charge on any atom is -0.493 e. The zero-order chi connectivity index (χ0) is 14.3. The number of benzene rings is 1. The van der Waals surface area contributed by atoms with Crippen LogP contribution in [0.2, 0.25) is 0 Å². The molecule has 0 aliphatic carbocycles. The highest BCUT2D eigenvalue weighted by atomic mass is 16.5. The van der Waals surface area contributed by atoms with Crippen molar-refractivity contribution in [2.24, 2.45) is 5.73 Å². The number of ether oxygens (including phenoxy) is 3. The van der Waals surface area contributed by atoms with Crippen LogP contribution in [0.4, 0.5) is 0 Å². The van der Waals surface area contributed by atoms with Crippen molar-refractivity contribution in [3.63, 3.8) is 0 Å². The number of aromatic nitrogens is 2. The molecule has 1 saturated heterocycles. The fraction of sp³-hybridized carbons (Fsp3) is 0.500. The topological polar surface area (TPSA) is 82.4 Å². The molecule has 0 amide bonds. The monoisotopic (exact) mass is 277 g/mol. The van der Waals surface area contributed by atoms with Gasteiger partial charge in [0, 0.05) is 18.2 Å². The zero-order valence-electron chi connectivity index (χ0n) is 11.9. The summed E-state index contributed by atoms with van der Waals surface area (Å²) in [6.07, 6.45) is 0. The Morgan fingerprint density at radius 2 is 2.05 bits per heavy atom. The van der Waals surface area contributed by atoms with E-state index in [1.807, 2.05) is 12.1 Å². The molecule has 3 N–H and O–H groups in total. The summed E-state index contributed by atoms with van der Waals surface area (Å²) in [6.45, 7) is 3.19. The highest BCUT2D eigenvalue weighted by Crippen LogP contribution is 2.35. The van der Waals surface area contributed by atoms with Crippen molar-refractivity contribution in [3.05, 3.63) is 18.0 Å². The summed E-state index contributed by atoms with van der Waals surface area (Å²) >= 11 is 0. The van der Waals surface area contributed by atoms with Crippen molar-refractivity contribution in [3.8, 4) is 11.5 Å². The van der Waals surface area contributed by atoms with Crippen LogP contribution in [0, 0.1) is 0 Å². The minimum absolute atomic E-state index is 0.0631. The molecular weight excluding hydrogens is 258 g/mol. The maximum atomic E-state index is 6.14. The number of nitrogens with one attached hydrogen (secondary N) is 1. The summed E-state index contributed by atoms with van der Waals surface area (Å²) in [5.41, 5.74) is 7.59. The third-order valence-corrected chi connectivity index (χ3v) is 4.05. The number of rotatable bonds is 3. The van der Waals surface area contributed by atoms with E-state index in [0.717, 1.165) is 16.9 Å². The molecule has 0 saturated carbocycles. The lowest BCUT2D eigenvalue weighted by molar-refractivity contribution is 0.178. The third-order valence-electron chi connectivity index (χ3n) is 4.05. The van der Waals surface area contributed by atoms with E-state index >= 15 is 0 Å². The molecule has 2 unspecified atom stereocenters. The molecule has 1 aliphatic rings. The van der Waals surface area contributed by atoms with E-state index in [2.05, 4.69) is 16.9 Å². The number of aromatic amines is 1. The SMILES string of the molecule is COc1cc2nc(C3(C)COCC3N)[nH]c2cc1OC. The maximum Gasteiger partial charge on any atom is 0.163 e. The van der Waals surface area contributed by atoms with Crippen LogP contribution in [0.5, 0.6) is 11.5 Å². The van der Waals surface area contributed by atoms with Gasteiger partial charge >= 0.3 is 0 Å². The van der Waals surface area contributed by atoms with Crippen LogP contribution in [0.1, 0.15) is 12.7 Å². The number of hydrogen-bond donors (Lipinski definition) is 2. The highest BCUT2D eigenvalue weighted by molar-refractivity contribution is 5.80. The Kier molecular flexibility index (Phi) is 3.07. The molecule has 1 fully saturated rings. The normalized spacial score (nSPS) is 26.1. The predicted octanol–water partition coefficient (Wildman–Crippen LogP) is 1.20. The van der Waals surface area contributed by atoms with E-state index < -0.39 is 0 Å². The van der Waals surface area contributed by atoms with Crippen LogP contribution in [-0.4, -0.2) is 43.4 Å². The van der Waals surface area contributed by atoms with Crippen LogP contribution in [0.3, 0.4) is 0 Å². The Hall–Kier alpha value is -1.79. The lowest BCUT2D eigenvalue weighted by Crippen LogP contribution is -2.42. The molecule has 2 heterocycles. The van der Waals surface area contributed by atoms with Crippen molar-refractivity contribution in [1.29, 1.82) is 0 Å². The van der Waals surface area contributed by atoms with Crippen LogP contribution in [0.15, 0.2) is 12.1 Å². The first-order valence-corrected chi connectivity index (χ1v) is 6.54. The maximum absolute atomic E-state index is 6.14. The summed E-state index contributed by atoms with van der Waals surface area (Å²) in [5.74, 6) is 2.18. The first-order valence-electron chi connectivity index (χ1n) is 6.54. The first kappa shape index (κ1) is 13.2. The summed E-state index contributed by atoms with van der Waals surface area (Å²) in [7, 11) is 3.22. The Labute approximate surface area is 117 Å². The van der Waals surface area contributed by atoms with Gasteiger partial charge in [0.15, 0.2) is 11.5 Å². The zero-order valence-corrected chi connectivity index (χ0v) is 11.9. The fourth-order valence-electron chi connectivity index (χ4n) is 2.54. The number of hydrogen-bond acceptors (Lipinski definition) is 5. The van der Waals surface area contributed by atoms with Gasteiger partial charge in [-0.05, 0) is 6.92 Å². The fourth-order valence-corrected chi connectivity index (χ4v) is 2.54. The summed E-state index contributed by atoms with van der Waals surface area (Å²) < 4.78 is 16.1. The molecule has 20 heavy (non-hydrogen) atoms. The van der Waals surface area contributed by atoms with Gasteiger partial charge in [0.05, 0.1) is 43.9 Å². The van der Waals surface area contributed by atoms with Gasteiger partial charge in [0.2, 0.25) is 0 Å². The van der Waals surface area contributed by atoms with Crippen LogP contribution in [0.25, 0.3) is 11.0 Å². The van der Waals surface area contributed by atoms with Crippen LogP contribution < -0.4 is 15.2 Å². The van der Waals surface area contributed by atoms with Crippen molar-refractivity contribution in [2.75, 3.05) is 27.4 Å². The summed E-state index contributed by atoms with van der Waals surface area (Å²) in [6, 6.07) is 3.68. The Morgan fingerprint density at radius 3 is 2.65 bits per heavy atom. The molecular formula is C14H19N3O3. The van der Waals surface area contributed by atoms with E-state index in [1.54, 1.807) is 14.2 Å². The number of nitrogens with two attached hydrogens (primary N) is 1. The van der Waals surface area contributed by atoms with E-state index in [9.17, 15) is 0 Å². The molecule has 1 aromatic heterocycles. The minimum atomic E-state index is -0.292. The highest BCUT2D eigenvalue weighted by Gasteiger charge is 2.41. The molecule has 6 heteroatoms. The number of imidazole rings is 1. The average molecular weight is 277 g/mol. The van der Waals surface area contributed by atoms with Crippen molar-refractivity contribution in [2.45, 2.75) is 18.4 Å². The largest absolute Gasteiger partial charge is 0.493 e. The van der Waals surface area contributed by atoms with E-state index in [1.165, 1.54) is 0 Å². The molecule has 0 radical (unpaired) electrons. The van der Waals surface area contributed by atoms with Gasteiger partial charge in [0.1, 0.15) is 5.82 Å². The Morgan fingerprint density at radius 1 is 1.35 bits per heavy atom. The van der Waals surface area contributed by atoms with E-state index in [-0.39, 0.29) is 11.5 Å². The summed E-state index contributed by atoms with van der Waals surface area (Å²) in [5, 5.41) is 0. The van der Waals surface area contributed by atoms with Gasteiger partial charge in [0.25, 0.3) is 0 Å². The van der Waals surface area contributed by atoms with Gasteiger partial charge < -0.3 is 24.9 Å². The number of nitrogens with zero attached hydrogens (tertiary/aromatic N) is 1. The standard InChI is InChI=1S/C14H19N3O3/c1-14(7-20-6-12(14)15)13-16-8-4-10(18-2)11(19-3)5-9(8)17-13/h4-5,12H,6-7,15H2,1-3H3,(H,16,17). The average Bonchev–Trinajstić information content (AvgIpc) is 3.02. The second kappa shape index (κ2) is 4.64. The van der Waals surface area contributed by atoms with Gasteiger partial charge in [-0.1, -0.05) is 0 Å². The van der Waals surface area contributed by atoms with Crippen molar-refractivity contribution in [1.82, 2.24) is 9.97 Å². The smallest absolute Gasteiger partial charge is 0.163 e. The Bertz CT molecular complexity index is 599. The molecule has 2 aromatic rings. The number of H-pyrrole nitrogens is 1. The van der Waals surface area contributed by atoms with Crippen molar-refractivity contribution >= 4 is 11.0 Å². The second-order valence-electron chi connectivity index (χ2n) is 5.35. The molecule has 1 aliphatic heterocycles. The molecule has 108 valence electrons. The summed E-state index contributed by atoms with van der Waals surface area (Å²) in [4.78, 5) is 7.98. The van der Waals surface area contributed by atoms with Gasteiger partial charge in [-0.25, -0.2) is 4.98 Å². The predicted molar refractivity (Wildman–Crippen MR) is 75.3 cm³/mol. The van der Waals surface area contributed by atoms with E-state index in [4.69, 9.17) is 19.9 Å². The molecule has 0 bridgehead atoms. The molecule has 2 atom stereocenters. The van der Waals surface area contributed by atoms with Crippen molar-refractivity contribution < 1.29 is 14.2 Å². The third kappa shape index (κ3) is 1.83. The number of fused-ring (bicyclic) bond motifs is 1. The van der Waals surface area contributed by atoms with Gasteiger partial charge in [-0.15, -0.1) is 0 Å². The first-order chi connectivity index (χ1) is 9.58. The molecule has 6 nitrogen and oxygen atoms in total. The lowest BCUT2D eigenvalue weighted by atomic mass is 9.85. The van der Waals surface area contributed by atoms with Crippen LogP contribution in [-0.2, 0) is 10.2 Å². The lowest BCUT2D eigenvalue weighted by Gasteiger charge is -2.23. The molecule has 1 aromatic carbocycles. The van der Waals surface area contributed by atoms with Gasteiger partial charge in [-0.3, -0.25) is 0 Å². The van der Waals surface area contributed by atoms with E-state index in [0.29, 0.717) is 24.7 Å². The quantitative estimate of drug-likeness (QED) is 0.880. The Balaban J connectivity index is 2.11. The molecule has 0 spiro atoms. The number of methoxy groups -OCH3 is 2. The van der Waals surface area contributed by atoms with Crippen LogP contribution >= 0.6 is 0 Å². The molecule has 3 rings (SSSR count). The van der Waals surface area contributed by atoms with Gasteiger partial charge in [-0.2, -0.15) is 0 Å².